The van der Waals surface area contributed by atoms with Gasteiger partial charge < -0.3 is 20.9 Å². The monoisotopic (exact) mass is 400 g/mol. The zero-order valence-corrected chi connectivity index (χ0v) is 16.0. The number of nitrogens with two attached hydrogens (primary N) is 2. The van der Waals surface area contributed by atoms with Crippen LogP contribution < -0.4 is 16.2 Å². The van der Waals surface area contributed by atoms with Gasteiger partial charge in [0.25, 0.3) is 0 Å². The van der Waals surface area contributed by atoms with Crippen LogP contribution in [0.15, 0.2) is 48.5 Å². The van der Waals surface area contributed by atoms with Gasteiger partial charge in [-0.05, 0) is 35.4 Å². The summed E-state index contributed by atoms with van der Waals surface area (Å²) in [5.41, 5.74) is 14.5. The largest absolute Gasteiger partial charge is 0.465 e. The Labute approximate surface area is 164 Å². The lowest BCUT2D eigenvalue weighted by molar-refractivity contribution is -0.131. The molecule has 2 atom stereocenters. The standard InChI is InChI=1S/C18H20N2O4.2ClH/c1-11(21)24-15-9-7-13(8-10-15)17(20)16(19)12-3-5-14(6-4-12)18(22)23-2;;/h3-10,16-17H,19-20H2,1-2H3;2*1H/t16-,17-;;/m1../s1. The number of methoxy groups -OCH3 is 1. The van der Waals surface area contributed by atoms with E-state index in [1.807, 2.05) is 0 Å². The Morgan fingerprint density at radius 3 is 1.65 bits per heavy atom. The molecule has 6 nitrogen and oxygen atoms in total. The van der Waals surface area contributed by atoms with Gasteiger partial charge in [-0.1, -0.05) is 24.3 Å². The number of esters is 2. The van der Waals surface area contributed by atoms with Gasteiger partial charge in [0.05, 0.1) is 12.7 Å². The highest BCUT2D eigenvalue weighted by molar-refractivity contribution is 5.89. The van der Waals surface area contributed by atoms with Crippen LogP contribution >= 0.6 is 24.8 Å². The second-order valence-corrected chi connectivity index (χ2v) is 5.33. The Hall–Kier alpha value is -2.12. The van der Waals surface area contributed by atoms with E-state index in [1.54, 1.807) is 48.5 Å². The molecule has 0 spiro atoms. The minimum Gasteiger partial charge on any atom is -0.465 e. The summed E-state index contributed by atoms with van der Waals surface area (Å²) < 4.78 is 9.65. The molecule has 0 aliphatic carbocycles. The molecule has 2 rings (SSSR count). The molecule has 26 heavy (non-hydrogen) atoms. The summed E-state index contributed by atoms with van der Waals surface area (Å²) in [7, 11) is 1.33. The molecule has 0 aliphatic heterocycles. The van der Waals surface area contributed by atoms with E-state index in [2.05, 4.69) is 4.74 Å². The van der Waals surface area contributed by atoms with E-state index in [4.69, 9.17) is 16.2 Å². The van der Waals surface area contributed by atoms with Gasteiger partial charge in [0, 0.05) is 19.0 Å². The Kier molecular flexibility index (Phi) is 9.90. The van der Waals surface area contributed by atoms with Crippen LogP contribution in [0.2, 0.25) is 0 Å². The average molecular weight is 401 g/mol. The number of hydrogen-bond acceptors (Lipinski definition) is 6. The van der Waals surface area contributed by atoms with Crippen molar-refractivity contribution in [2.75, 3.05) is 7.11 Å². The van der Waals surface area contributed by atoms with Crippen molar-refractivity contribution in [3.63, 3.8) is 0 Å². The molecule has 0 aliphatic rings. The Bertz CT molecular complexity index is 721. The molecule has 0 aromatic heterocycles. The summed E-state index contributed by atoms with van der Waals surface area (Å²) in [5.74, 6) is -0.329. The van der Waals surface area contributed by atoms with Crippen LogP contribution in [-0.2, 0) is 9.53 Å². The van der Waals surface area contributed by atoms with Crippen LogP contribution in [0.5, 0.6) is 5.75 Å². The molecule has 0 amide bonds. The second-order valence-electron chi connectivity index (χ2n) is 5.33. The number of halogens is 2. The number of ether oxygens (including phenoxy) is 2. The summed E-state index contributed by atoms with van der Waals surface area (Å²) in [5, 5.41) is 0. The molecule has 0 heterocycles. The van der Waals surface area contributed by atoms with Gasteiger partial charge in [0.1, 0.15) is 5.75 Å². The quantitative estimate of drug-likeness (QED) is 0.590. The molecule has 2 aromatic rings. The van der Waals surface area contributed by atoms with E-state index in [9.17, 15) is 9.59 Å². The van der Waals surface area contributed by atoms with E-state index >= 15 is 0 Å². The van der Waals surface area contributed by atoms with Gasteiger partial charge >= 0.3 is 11.9 Å². The SMILES string of the molecule is COC(=O)c1ccc([C@@H](N)[C@H](N)c2ccc(OC(C)=O)cc2)cc1.Cl.Cl. The second kappa shape index (κ2) is 10.8. The van der Waals surface area contributed by atoms with E-state index < -0.39 is 18.1 Å². The highest BCUT2D eigenvalue weighted by Gasteiger charge is 2.18. The first-order chi connectivity index (χ1) is 11.4. The van der Waals surface area contributed by atoms with Crippen molar-refractivity contribution in [3.8, 4) is 5.75 Å². The predicted molar refractivity (Wildman–Crippen MR) is 104 cm³/mol. The highest BCUT2D eigenvalue weighted by atomic mass is 35.5. The molecule has 0 saturated heterocycles. The molecule has 142 valence electrons. The van der Waals surface area contributed by atoms with Crippen molar-refractivity contribution < 1.29 is 19.1 Å². The van der Waals surface area contributed by atoms with Gasteiger partial charge in [0.2, 0.25) is 0 Å². The van der Waals surface area contributed by atoms with Gasteiger partial charge in [-0.15, -0.1) is 24.8 Å². The molecule has 0 bridgehead atoms. The minimum atomic E-state index is -0.448. The van der Waals surface area contributed by atoms with Crippen LogP contribution in [-0.4, -0.2) is 19.0 Å². The number of carbonyl (C=O) groups excluding carboxylic acids is 2. The first kappa shape index (κ1) is 23.9. The zero-order valence-electron chi connectivity index (χ0n) is 14.4. The summed E-state index contributed by atoms with van der Waals surface area (Å²) in [4.78, 5) is 22.4. The van der Waals surface area contributed by atoms with E-state index in [0.717, 1.165) is 11.1 Å². The Balaban J connectivity index is 0.00000312. The fourth-order valence-electron chi connectivity index (χ4n) is 2.30. The molecule has 0 saturated carbocycles. The van der Waals surface area contributed by atoms with Crippen LogP contribution in [0.25, 0.3) is 0 Å². The Morgan fingerprint density at radius 1 is 0.846 bits per heavy atom. The van der Waals surface area contributed by atoms with Crippen molar-refractivity contribution in [2.24, 2.45) is 11.5 Å². The van der Waals surface area contributed by atoms with Gasteiger partial charge in [-0.3, -0.25) is 4.79 Å². The number of carbonyl (C=O) groups is 2. The number of rotatable bonds is 5. The molecule has 4 N–H and O–H groups in total. The lowest BCUT2D eigenvalue weighted by atomic mass is 9.94. The summed E-state index contributed by atoms with van der Waals surface area (Å²) in [6.07, 6.45) is 0. The topological polar surface area (TPSA) is 105 Å². The molecule has 8 heteroatoms. The minimum absolute atomic E-state index is 0. The molecule has 0 unspecified atom stereocenters. The fourth-order valence-corrected chi connectivity index (χ4v) is 2.30. The molecule has 2 aromatic carbocycles. The van der Waals surface area contributed by atoms with Crippen LogP contribution in [0, 0.1) is 0 Å². The Morgan fingerprint density at radius 2 is 1.27 bits per heavy atom. The summed E-state index contributed by atoms with van der Waals surface area (Å²) in [6, 6.07) is 12.8. The van der Waals surface area contributed by atoms with E-state index in [1.165, 1.54) is 14.0 Å². The van der Waals surface area contributed by atoms with E-state index in [0.29, 0.717) is 11.3 Å². The predicted octanol–water partition coefficient (Wildman–Crippen LogP) is 2.94. The average Bonchev–Trinajstić information content (AvgIpc) is 2.60. The van der Waals surface area contributed by atoms with Crippen LogP contribution in [0.1, 0.15) is 40.5 Å². The maximum Gasteiger partial charge on any atom is 0.337 e. The highest BCUT2D eigenvalue weighted by Crippen LogP contribution is 2.26. The van der Waals surface area contributed by atoms with Crippen molar-refractivity contribution in [3.05, 3.63) is 65.2 Å². The first-order valence-corrected chi connectivity index (χ1v) is 7.40. The molecular formula is C18H22Cl2N2O4. The maximum absolute atomic E-state index is 11.4. The van der Waals surface area contributed by atoms with Gasteiger partial charge in [-0.25, -0.2) is 4.79 Å². The van der Waals surface area contributed by atoms with Crippen molar-refractivity contribution in [2.45, 2.75) is 19.0 Å². The third-order valence-electron chi connectivity index (χ3n) is 3.63. The van der Waals surface area contributed by atoms with Crippen LogP contribution in [0.3, 0.4) is 0 Å². The lowest BCUT2D eigenvalue weighted by Crippen LogP contribution is -2.26. The van der Waals surface area contributed by atoms with Gasteiger partial charge in [-0.2, -0.15) is 0 Å². The summed E-state index contributed by atoms with van der Waals surface area (Å²) in [6.45, 7) is 1.34. The molecule has 0 radical (unpaired) electrons. The smallest absolute Gasteiger partial charge is 0.337 e. The molecule has 0 fully saturated rings. The third kappa shape index (κ3) is 6.00. The normalized spacial score (nSPS) is 12.0. The maximum atomic E-state index is 11.4. The third-order valence-corrected chi connectivity index (χ3v) is 3.63. The number of hydrogen-bond donors (Lipinski definition) is 2. The van der Waals surface area contributed by atoms with E-state index in [-0.39, 0.29) is 30.8 Å². The first-order valence-electron chi connectivity index (χ1n) is 7.40. The molecular weight excluding hydrogens is 379 g/mol. The van der Waals surface area contributed by atoms with Crippen LogP contribution in [0.4, 0.5) is 0 Å². The van der Waals surface area contributed by atoms with Crippen molar-refractivity contribution >= 4 is 36.8 Å². The van der Waals surface area contributed by atoms with Crippen molar-refractivity contribution in [1.82, 2.24) is 0 Å². The summed E-state index contributed by atoms with van der Waals surface area (Å²) >= 11 is 0. The van der Waals surface area contributed by atoms with Crippen molar-refractivity contribution in [1.29, 1.82) is 0 Å². The number of benzene rings is 2. The lowest BCUT2D eigenvalue weighted by Gasteiger charge is -2.21. The fraction of sp³-hybridized carbons (Fsp3) is 0.222. The zero-order chi connectivity index (χ0) is 17.7. The van der Waals surface area contributed by atoms with Gasteiger partial charge in [0.15, 0.2) is 0 Å².